The molecule has 0 saturated carbocycles. The molecular formula is C10H13FN2O2. The Morgan fingerprint density at radius 3 is 2.67 bits per heavy atom. The number of anilines is 1. The van der Waals surface area contributed by atoms with Crippen LogP contribution in [0.4, 0.5) is 15.8 Å². The number of benzene rings is 1. The molecular weight excluding hydrogens is 199 g/mol. The largest absolute Gasteiger partial charge is 0.372 e. The molecule has 1 aromatic rings. The van der Waals surface area contributed by atoms with Gasteiger partial charge in [0.25, 0.3) is 5.69 Å². The summed E-state index contributed by atoms with van der Waals surface area (Å²) in [6.45, 7) is 2.70. The van der Waals surface area contributed by atoms with Gasteiger partial charge in [-0.15, -0.1) is 0 Å². The second kappa shape index (κ2) is 4.72. The third-order valence-corrected chi connectivity index (χ3v) is 2.11. The normalized spacial score (nSPS) is 10.1. The van der Waals surface area contributed by atoms with E-state index in [-0.39, 0.29) is 5.69 Å². The molecule has 5 heteroatoms. The summed E-state index contributed by atoms with van der Waals surface area (Å²) in [6, 6.07) is 3.69. The first kappa shape index (κ1) is 11.4. The Morgan fingerprint density at radius 1 is 1.53 bits per heavy atom. The SMILES string of the molecule is CCCN(C)c1ccc([N+](=O)[O-])cc1F. The maximum atomic E-state index is 13.4. The van der Waals surface area contributed by atoms with Crippen LogP contribution in [0.2, 0.25) is 0 Å². The van der Waals surface area contributed by atoms with Crippen molar-refractivity contribution in [2.75, 3.05) is 18.5 Å². The van der Waals surface area contributed by atoms with E-state index in [9.17, 15) is 14.5 Å². The van der Waals surface area contributed by atoms with Crippen LogP contribution in [0.25, 0.3) is 0 Å². The number of hydrogen-bond acceptors (Lipinski definition) is 3. The van der Waals surface area contributed by atoms with Crippen molar-refractivity contribution in [2.45, 2.75) is 13.3 Å². The number of nitrogens with zero attached hydrogens (tertiary/aromatic N) is 2. The summed E-state index contributed by atoms with van der Waals surface area (Å²) in [5.74, 6) is -0.555. The van der Waals surface area contributed by atoms with E-state index in [0.29, 0.717) is 12.2 Å². The minimum Gasteiger partial charge on any atom is -0.372 e. The lowest BCUT2D eigenvalue weighted by atomic mass is 10.2. The van der Waals surface area contributed by atoms with Crippen molar-refractivity contribution in [3.63, 3.8) is 0 Å². The maximum Gasteiger partial charge on any atom is 0.272 e. The summed E-state index contributed by atoms with van der Waals surface area (Å²) >= 11 is 0. The van der Waals surface area contributed by atoms with Crippen LogP contribution in [0.5, 0.6) is 0 Å². The molecule has 4 nitrogen and oxygen atoms in total. The predicted molar refractivity (Wildman–Crippen MR) is 56.6 cm³/mol. The lowest BCUT2D eigenvalue weighted by Crippen LogP contribution is -2.18. The van der Waals surface area contributed by atoms with Crippen LogP contribution in [-0.4, -0.2) is 18.5 Å². The summed E-state index contributed by atoms with van der Waals surface area (Å²) < 4.78 is 13.4. The number of non-ortho nitro benzene ring substituents is 1. The first-order valence-corrected chi connectivity index (χ1v) is 4.71. The molecule has 0 bridgehead atoms. The quantitative estimate of drug-likeness (QED) is 0.569. The van der Waals surface area contributed by atoms with Gasteiger partial charge in [0.2, 0.25) is 0 Å². The summed E-state index contributed by atoms with van der Waals surface area (Å²) in [4.78, 5) is 11.5. The topological polar surface area (TPSA) is 46.4 Å². The Hall–Kier alpha value is -1.65. The van der Waals surface area contributed by atoms with E-state index < -0.39 is 10.7 Å². The molecule has 0 heterocycles. The molecule has 0 saturated heterocycles. The van der Waals surface area contributed by atoms with Crippen molar-refractivity contribution in [1.29, 1.82) is 0 Å². The van der Waals surface area contributed by atoms with Crippen LogP contribution in [-0.2, 0) is 0 Å². The van der Waals surface area contributed by atoms with Crippen LogP contribution < -0.4 is 4.90 Å². The summed E-state index contributed by atoms with van der Waals surface area (Å²) in [5.41, 5.74) is 0.170. The third kappa shape index (κ3) is 2.65. The monoisotopic (exact) mass is 212 g/mol. The molecule has 0 unspecified atom stereocenters. The van der Waals surface area contributed by atoms with E-state index in [2.05, 4.69) is 0 Å². The first-order chi connectivity index (χ1) is 7.06. The van der Waals surface area contributed by atoms with E-state index in [1.165, 1.54) is 12.1 Å². The van der Waals surface area contributed by atoms with Crippen molar-refractivity contribution in [3.8, 4) is 0 Å². The average Bonchev–Trinajstić information content (AvgIpc) is 2.17. The van der Waals surface area contributed by atoms with E-state index >= 15 is 0 Å². The van der Waals surface area contributed by atoms with E-state index in [4.69, 9.17) is 0 Å². The first-order valence-electron chi connectivity index (χ1n) is 4.71. The number of rotatable bonds is 4. The highest BCUT2D eigenvalue weighted by molar-refractivity contribution is 5.51. The van der Waals surface area contributed by atoms with Gasteiger partial charge in [-0.2, -0.15) is 0 Å². The molecule has 1 rings (SSSR count). The highest BCUT2D eigenvalue weighted by Gasteiger charge is 2.12. The number of hydrogen-bond donors (Lipinski definition) is 0. The van der Waals surface area contributed by atoms with Gasteiger partial charge in [-0.05, 0) is 12.5 Å². The lowest BCUT2D eigenvalue weighted by Gasteiger charge is -2.18. The van der Waals surface area contributed by atoms with Gasteiger partial charge in [0, 0.05) is 19.7 Å². The molecule has 1 aromatic carbocycles. The molecule has 0 spiro atoms. The van der Waals surface area contributed by atoms with Gasteiger partial charge in [0.1, 0.15) is 0 Å². The summed E-state index contributed by atoms with van der Waals surface area (Å²) in [7, 11) is 1.76. The van der Waals surface area contributed by atoms with Gasteiger partial charge >= 0.3 is 0 Å². The predicted octanol–water partition coefficient (Wildman–Crippen LogP) is 2.58. The minimum absolute atomic E-state index is 0.221. The molecule has 0 atom stereocenters. The number of nitro benzene ring substituents is 1. The van der Waals surface area contributed by atoms with E-state index in [1.807, 2.05) is 6.92 Å². The maximum absolute atomic E-state index is 13.4. The van der Waals surface area contributed by atoms with Crippen molar-refractivity contribution >= 4 is 11.4 Å². The fourth-order valence-corrected chi connectivity index (χ4v) is 1.37. The Morgan fingerprint density at radius 2 is 2.20 bits per heavy atom. The highest BCUT2D eigenvalue weighted by atomic mass is 19.1. The van der Waals surface area contributed by atoms with Crippen molar-refractivity contribution in [1.82, 2.24) is 0 Å². The van der Waals surface area contributed by atoms with Crippen LogP contribution in [0.15, 0.2) is 18.2 Å². The molecule has 0 aliphatic carbocycles. The molecule has 15 heavy (non-hydrogen) atoms. The van der Waals surface area contributed by atoms with Crippen LogP contribution in [0.3, 0.4) is 0 Å². The Labute approximate surface area is 87.5 Å². The van der Waals surface area contributed by atoms with Gasteiger partial charge in [0.05, 0.1) is 16.7 Å². The Bertz CT molecular complexity index is 368. The van der Waals surface area contributed by atoms with Gasteiger partial charge in [-0.25, -0.2) is 4.39 Å². The van der Waals surface area contributed by atoms with Crippen molar-refractivity contribution < 1.29 is 9.31 Å². The second-order valence-corrected chi connectivity index (χ2v) is 3.31. The zero-order valence-corrected chi connectivity index (χ0v) is 8.74. The zero-order valence-electron chi connectivity index (χ0n) is 8.74. The third-order valence-electron chi connectivity index (χ3n) is 2.11. The molecule has 0 aromatic heterocycles. The number of nitro groups is 1. The average molecular weight is 212 g/mol. The van der Waals surface area contributed by atoms with Gasteiger partial charge in [-0.1, -0.05) is 6.92 Å². The number of halogens is 1. The lowest BCUT2D eigenvalue weighted by molar-refractivity contribution is -0.385. The molecule has 0 radical (unpaired) electrons. The summed E-state index contributed by atoms with van der Waals surface area (Å²) in [6.07, 6.45) is 0.896. The van der Waals surface area contributed by atoms with Crippen molar-refractivity contribution in [3.05, 3.63) is 34.1 Å². The molecule has 0 aliphatic rings. The van der Waals surface area contributed by atoms with Gasteiger partial charge < -0.3 is 4.90 Å². The summed E-state index contributed by atoms with van der Waals surface area (Å²) in [5, 5.41) is 10.4. The molecule has 0 N–H and O–H groups in total. The Balaban J connectivity index is 2.97. The van der Waals surface area contributed by atoms with Crippen LogP contribution >= 0.6 is 0 Å². The molecule has 0 aliphatic heterocycles. The van der Waals surface area contributed by atoms with Gasteiger partial charge in [0.15, 0.2) is 5.82 Å². The fraction of sp³-hybridized carbons (Fsp3) is 0.400. The smallest absolute Gasteiger partial charge is 0.272 e. The standard InChI is InChI=1S/C10H13FN2O2/c1-3-6-12(2)10-5-4-8(13(14)15)7-9(10)11/h4-5,7H,3,6H2,1-2H3. The molecule has 0 fully saturated rings. The zero-order chi connectivity index (χ0) is 11.4. The Kier molecular flexibility index (Phi) is 3.60. The van der Waals surface area contributed by atoms with Crippen LogP contribution in [0, 0.1) is 15.9 Å². The van der Waals surface area contributed by atoms with E-state index in [0.717, 1.165) is 12.5 Å². The minimum atomic E-state index is -0.604. The van der Waals surface area contributed by atoms with E-state index in [1.54, 1.807) is 11.9 Å². The fourth-order valence-electron chi connectivity index (χ4n) is 1.37. The highest BCUT2D eigenvalue weighted by Crippen LogP contribution is 2.23. The van der Waals surface area contributed by atoms with Crippen molar-refractivity contribution in [2.24, 2.45) is 0 Å². The van der Waals surface area contributed by atoms with Gasteiger partial charge in [-0.3, -0.25) is 10.1 Å². The van der Waals surface area contributed by atoms with Crippen LogP contribution in [0.1, 0.15) is 13.3 Å². The second-order valence-electron chi connectivity index (χ2n) is 3.31. The molecule has 0 amide bonds. The molecule has 82 valence electrons.